The summed E-state index contributed by atoms with van der Waals surface area (Å²) in [6, 6.07) is 15.0. The fraction of sp³-hybridized carbons (Fsp3) is 0.0455. The number of thiophene rings is 1. The minimum atomic E-state index is -0.483. The first-order chi connectivity index (χ1) is 15.0. The van der Waals surface area contributed by atoms with Crippen LogP contribution in [0, 0.1) is 12.7 Å². The molecule has 0 aliphatic carbocycles. The van der Waals surface area contributed by atoms with Gasteiger partial charge in [-0.2, -0.15) is 0 Å². The number of hydrogen-bond donors (Lipinski definition) is 2. The van der Waals surface area contributed by atoms with Gasteiger partial charge in [0.2, 0.25) is 0 Å². The summed E-state index contributed by atoms with van der Waals surface area (Å²) in [5.41, 5.74) is 1.71. The van der Waals surface area contributed by atoms with Gasteiger partial charge in [-0.15, -0.1) is 22.7 Å². The molecule has 0 unspecified atom stereocenters. The van der Waals surface area contributed by atoms with E-state index >= 15 is 0 Å². The van der Waals surface area contributed by atoms with Gasteiger partial charge in [-0.05, 0) is 42.8 Å². The van der Waals surface area contributed by atoms with E-state index in [0.29, 0.717) is 32.4 Å². The number of aromatic amines is 1. The maximum absolute atomic E-state index is 13.4. The van der Waals surface area contributed by atoms with E-state index in [1.54, 1.807) is 36.4 Å². The van der Waals surface area contributed by atoms with Crippen molar-refractivity contribution in [3.05, 3.63) is 92.2 Å². The monoisotopic (exact) mass is 450 g/mol. The normalized spacial score (nSPS) is 11.2. The van der Waals surface area contributed by atoms with Crippen molar-refractivity contribution in [1.82, 2.24) is 14.5 Å². The highest BCUT2D eigenvalue weighted by Crippen LogP contribution is 2.37. The molecule has 5 aromatic rings. The van der Waals surface area contributed by atoms with Crippen molar-refractivity contribution in [2.24, 2.45) is 0 Å². The van der Waals surface area contributed by atoms with E-state index in [-0.39, 0.29) is 11.4 Å². The molecule has 0 radical (unpaired) electrons. The van der Waals surface area contributed by atoms with Gasteiger partial charge in [0.15, 0.2) is 5.13 Å². The lowest BCUT2D eigenvalue weighted by Gasteiger charge is -2.04. The number of nitrogens with one attached hydrogen (secondary N) is 2. The van der Waals surface area contributed by atoms with Crippen LogP contribution in [0.5, 0.6) is 0 Å². The highest BCUT2D eigenvalue weighted by molar-refractivity contribution is 7.22. The predicted molar refractivity (Wildman–Crippen MR) is 124 cm³/mol. The Balaban J connectivity index is 1.58. The molecule has 5 rings (SSSR count). The predicted octanol–water partition coefficient (Wildman–Crippen LogP) is 5.06. The Morgan fingerprint density at radius 2 is 1.90 bits per heavy atom. The first kappa shape index (κ1) is 19.4. The molecule has 0 saturated heterocycles. The van der Waals surface area contributed by atoms with Gasteiger partial charge < -0.3 is 5.32 Å². The lowest BCUT2D eigenvalue weighted by Crippen LogP contribution is -2.33. The second-order valence-electron chi connectivity index (χ2n) is 6.84. The van der Waals surface area contributed by atoms with Gasteiger partial charge in [-0.1, -0.05) is 24.3 Å². The van der Waals surface area contributed by atoms with Crippen LogP contribution >= 0.6 is 22.7 Å². The summed E-state index contributed by atoms with van der Waals surface area (Å²) >= 11 is 2.70. The number of fused-ring (bicyclic) bond motifs is 1. The van der Waals surface area contributed by atoms with E-state index < -0.39 is 5.69 Å². The third kappa shape index (κ3) is 3.47. The third-order valence-corrected chi connectivity index (χ3v) is 6.80. The number of nitrogens with zero attached hydrogens (tertiary/aromatic N) is 2. The number of H-pyrrole nitrogens is 1. The highest BCUT2D eigenvalue weighted by Gasteiger charge is 2.19. The number of aryl methyl sites for hydroxylation is 1. The minimum absolute atomic E-state index is 0.333. The fourth-order valence-electron chi connectivity index (χ4n) is 3.40. The number of aromatic nitrogens is 3. The van der Waals surface area contributed by atoms with Crippen molar-refractivity contribution < 1.29 is 4.39 Å². The lowest BCUT2D eigenvalue weighted by molar-refractivity contribution is 0.628. The molecule has 2 N–H and O–H groups in total. The van der Waals surface area contributed by atoms with Crippen LogP contribution in [-0.2, 0) is 0 Å². The zero-order chi connectivity index (χ0) is 21.5. The number of halogens is 1. The molecule has 9 heteroatoms. The smallest absolute Gasteiger partial charge is 0.331 e. The summed E-state index contributed by atoms with van der Waals surface area (Å²) in [7, 11) is 0. The first-order valence-corrected chi connectivity index (χ1v) is 11.0. The number of hydrogen-bond acceptors (Lipinski definition) is 6. The molecule has 3 aromatic heterocycles. The number of thiazole rings is 1. The zero-order valence-corrected chi connectivity index (χ0v) is 17.8. The Kier molecular flexibility index (Phi) is 4.76. The average Bonchev–Trinajstić information content (AvgIpc) is 3.33. The summed E-state index contributed by atoms with van der Waals surface area (Å²) < 4.78 is 14.6. The Morgan fingerprint density at radius 3 is 2.68 bits per heavy atom. The molecule has 0 amide bonds. The van der Waals surface area contributed by atoms with Crippen LogP contribution in [0.3, 0.4) is 0 Å². The quantitative estimate of drug-likeness (QED) is 0.401. The lowest BCUT2D eigenvalue weighted by atomic mass is 10.2. The van der Waals surface area contributed by atoms with Gasteiger partial charge in [0.1, 0.15) is 10.6 Å². The molecule has 0 spiro atoms. The molecule has 0 atom stereocenters. The SMILES string of the molecule is Cc1c(-c2csc(Nc3cccc(F)c3)n2)sc2[nH]c(=O)n(-c3ccccc3)c(=O)c12. The van der Waals surface area contributed by atoms with E-state index in [9.17, 15) is 14.0 Å². The summed E-state index contributed by atoms with van der Waals surface area (Å²) in [6.07, 6.45) is 0. The van der Waals surface area contributed by atoms with E-state index in [1.165, 1.54) is 34.8 Å². The second kappa shape index (κ2) is 7.60. The van der Waals surface area contributed by atoms with Gasteiger partial charge in [0.25, 0.3) is 5.56 Å². The number of rotatable bonds is 4. The second-order valence-corrected chi connectivity index (χ2v) is 8.72. The number of para-hydroxylation sites is 1. The average molecular weight is 451 g/mol. The van der Waals surface area contributed by atoms with Crippen molar-refractivity contribution in [3.63, 3.8) is 0 Å². The fourth-order valence-corrected chi connectivity index (χ4v) is 5.34. The van der Waals surface area contributed by atoms with E-state index in [2.05, 4.69) is 15.3 Å². The van der Waals surface area contributed by atoms with Crippen LogP contribution in [0.2, 0.25) is 0 Å². The molecule has 0 saturated carbocycles. The summed E-state index contributed by atoms with van der Waals surface area (Å²) in [6.45, 7) is 1.85. The first-order valence-electron chi connectivity index (χ1n) is 9.33. The standard InChI is InChI=1S/C22H15FN4O2S2/c1-12-17-19(26-22(29)27(20(17)28)15-8-3-2-4-9-15)31-18(12)16-11-30-21(25-16)24-14-7-5-6-13(23)10-14/h2-11H,1H3,(H,24,25)(H,26,29). The minimum Gasteiger partial charge on any atom is -0.331 e. The van der Waals surface area contributed by atoms with Crippen LogP contribution in [0.25, 0.3) is 26.5 Å². The van der Waals surface area contributed by atoms with Crippen molar-refractivity contribution in [1.29, 1.82) is 0 Å². The molecule has 0 bridgehead atoms. The van der Waals surface area contributed by atoms with Crippen molar-refractivity contribution in [3.8, 4) is 16.3 Å². The molecule has 2 aromatic carbocycles. The van der Waals surface area contributed by atoms with E-state index in [4.69, 9.17) is 0 Å². The zero-order valence-electron chi connectivity index (χ0n) is 16.2. The Labute approximate surface area is 183 Å². The molecule has 0 aliphatic heterocycles. The number of benzene rings is 2. The summed E-state index contributed by atoms with van der Waals surface area (Å²) in [5, 5.41) is 6.03. The molecule has 31 heavy (non-hydrogen) atoms. The van der Waals surface area contributed by atoms with Crippen molar-refractivity contribution >= 4 is 43.7 Å². The maximum Gasteiger partial charge on any atom is 0.334 e. The molecule has 154 valence electrons. The molecule has 0 aliphatic rings. The highest BCUT2D eigenvalue weighted by atomic mass is 32.1. The Morgan fingerprint density at radius 1 is 1.10 bits per heavy atom. The van der Waals surface area contributed by atoms with Gasteiger partial charge in [-0.3, -0.25) is 9.78 Å². The summed E-state index contributed by atoms with van der Waals surface area (Å²) in [4.78, 5) is 34.5. The van der Waals surface area contributed by atoms with E-state index in [1.807, 2.05) is 18.4 Å². The molecule has 0 fully saturated rings. The van der Waals surface area contributed by atoms with Gasteiger partial charge in [-0.25, -0.2) is 18.7 Å². The van der Waals surface area contributed by atoms with Gasteiger partial charge >= 0.3 is 5.69 Å². The van der Waals surface area contributed by atoms with Crippen LogP contribution in [0.4, 0.5) is 15.2 Å². The largest absolute Gasteiger partial charge is 0.334 e. The van der Waals surface area contributed by atoms with Gasteiger partial charge in [0, 0.05) is 11.1 Å². The maximum atomic E-state index is 13.4. The molecule has 3 heterocycles. The molecular formula is C22H15FN4O2S2. The van der Waals surface area contributed by atoms with Crippen LogP contribution < -0.4 is 16.6 Å². The Bertz CT molecular complexity index is 1530. The Hall–Kier alpha value is -3.56. The van der Waals surface area contributed by atoms with Crippen LogP contribution in [0.1, 0.15) is 5.56 Å². The van der Waals surface area contributed by atoms with Crippen molar-refractivity contribution in [2.45, 2.75) is 6.92 Å². The molecular weight excluding hydrogens is 435 g/mol. The van der Waals surface area contributed by atoms with Crippen molar-refractivity contribution in [2.75, 3.05) is 5.32 Å². The van der Waals surface area contributed by atoms with E-state index in [0.717, 1.165) is 15.0 Å². The van der Waals surface area contributed by atoms with Crippen LogP contribution in [-0.4, -0.2) is 14.5 Å². The van der Waals surface area contributed by atoms with Gasteiger partial charge in [0.05, 0.1) is 21.6 Å². The topological polar surface area (TPSA) is 79.8 Å². The molecule has 6 nitrogen and oxygen atoms in total. The summed E-state index contributed by atoms with van der Waals surface area (Å²) in [5.74, 6) is -0.333. The number of anilines is 2. The third-order valence-electron chi connectivity index (χ3n) is 4.81. The van der Waals surface area contributed by atoms with Crippen LogP contribution in [0.15, 0.2) is 69.6 Å².